The fourth-order valence-electron chi connectivity index (χ4n) is 4.15. The molecule has 1 atom stereocenters. The minimum Gasteiger partial charge on any atom is -0.497 e. The summed E-state index contributed by atoms with van der Waals surface area (Å²) in [6.07, 6.45) is 0.720. The van der Waals surface area contributed by atoms with Crippen molar-refractivity contribution < 1.29 is 18.4 Å². The summed E-state index contributed by atoms with van der Waals surface area (Å²) in [6, 6.07) is 16.8. The lowest BCUT2D eigenvalue weighted by Gasteiger charge is -2.35. The summed E-state index contributed by atoms with van der Waals surface area (Å²) >= 11 is 1.65. The quantitative estimate of drug-likeness (QED) is 0.360. The lowest BCUT2D eigenvalue weighted by Crippen LogP contribution is -2.46. The van der Waals surface area contributed by atoms with Gasteiger partial charge in [0, 0.05) is 22.7 Å². The van der Waals surface area contributed by atoms with Gasteiger partial charge in [0.05, 0.1) is 18.7 Å². The molecule has 0 fully saturated rings. The van der Waals surface area contributed by atoms with Crippen molar-refractivity contribution in [1.29, 1.82) is 0 Å². The van der Waals surface area contributed by atoms with Gasteiger partial charge < -0.3 is 14.6 Å². The summed E-state index contributed by atoms with van der Waals surface area (Å²) in [5.41, 5.74) is 2.72. The highest BCUT2D eigenvalue weighted by atomic mass is 32.1. The second-order valence-electron chi connectivity index (χ2n) is 8.07. The number of nitrogens with zero attached hydrogens (tertiary/aromatic N) is 3. The van der Waals surface area contributed by atoms with Gasteiger partial charge in [-0.25, -0.2) is 9.18 Å². The minimum absolute atomic E-state index is 0.208. The first-order valence-corrected chi connectivity index (χ1v) is 12.0. The Morgan fingerprint density at radius 2 is 2.03 bits per heavy atom. The Morgan fingerprint density at radius 1 is 1.17 bits per heavy atom. The molecule has 1 aliphatic heterocycles. The van der Waals surface area contributed by atoms with Crippen molar-refractivity contribution >= 4 is 22.9 Å². The molecule has 0 saturated heterocycles. The molecule has 0 spiro atoms. The van der Waals surface area contributed by atoms with E-state index in [1.54, 1.807) is 35.5 Å². The molecule has 2 aromatic heterocycles. The lowest BCUT2D eigenvalue weighted by molar-refractivity contribution is 0.205. The molecule has 7 nitrogen and oxygen atoms in total. The van der Waals surface area contributed by atoms with E-state index in [0.29, 0.717) is 29.1 Å². The summed E-state index contributed by atoms with van der Waals surface area (Å²) in [5, 5.41) is 9.20. The van der Waals surface area contributed by atoms with Crippen molar-refractivity contribution in [2.45, 2.75) is 19.4 Å². The van der Waals surface area contributed by atoms with Gasteiger partial charge in [-0.15, -0.1) is 11.3 Å². The third-order valence-corrected chi connectivity index (χ3v) is 6.86. The summed E-state index contributed by atoms with van der Waals surface area (Å²) < 4.78 is 24.8. The van der Waals surface area contributed by atoms with E-state index in [9.17, 15) is 9.18 Å². The Labute approximate surface area is 205 Å². The van der Waals surface area contributed by atoms with Crippen molar-refractivity contribution in [3.05, 3.63) is 93.9 Å². The van der Waals surface area contributed by atoms with E-state index in [1.807, 2.05) is 42.6 Å². The average Bonchev–Trinajstić information content (AvgIpc) is 3.56. The standard InChI is InChI=1S/C26H23FN4O3S/c1-16-22(25-29-24(30-34-25)18-7-3-8-19(27)14-18)23(17-6-4-9-20(15-17)33-2)28-26(32)31(16)12-11-21-10-5-13-35-21/h3-10,13-15,23H,11-12H2,1-2H3,(H,28,32). The number of thiophene rings is 1. The number of hydrogen-bond donors (Lipinski definition) is 1. The number of aromatic nitrogens is 2. The van der Waals surface area contributed by atoms with Crippen LogP contribution in [0.25, 0.3) is 17.0 Å². The van der Waals surface area contributed by atoms with Crippen LogP contribution in [0.3, 0.4) is 0 Å². The molecule has 0 radical (unpaired) electrons. The number of methoxy groups -OCH3 is 1. The molecule has 2 amide bonds. The first-order chi connectivity index (χ1) is 17.0. The number of allylic oxidation sites excluding steroid dienone is 1. The van der Waals surface area contributed by atoms with Crippen LogP contribution in [0.4, 0.5) is 9.18 Å². The number of ether oxygens (including phenoxy) is 1. The maximum absolute atomic E-state index is 13.8. The Balaban J connectivity index is 1.57. The summed E-state index contributed by atoms with van der Waals surface area (Å²) in [4.78, 5) is 20.6. The van der Waals surface area contributed by atoms with Gasteiger partial charge in [0.25, 0.3) is 5.89 Å². The molecular weight excluding hydrogens is 467 g/mol. The zero-order valence-electron chi connectivity index (χ0n) is 19.2. The molecule has 5 rings (SSSR count). The van der Waals surface area contributed by atoms with Crippen LogP contribution >= 0.6 is 11.3 Å². The second kappa shape index (κ2) is 9.71. The van der Waals surface area contributed by atoms with E-state index >= 15 is 0 Å². The largest absolute Gasteiger partial charge is 0.497 e. The number of carbonyl (C=O) groups excluding carboxylic acids is 1. The highest BCUT2D eigenvalue weighted by Gasteiger charge is 2.35. The van der Waals surface area contributed by atoms with Crippen LogP contribution in [0.2, 0.25) is 0 Å². The fraction of sp³-hybridized carbons (Fsp3) is 0.192. The molecule has 1 aliphatic rings. The molecule has 0 bridgehead atoms. The predicted octanol–water partition coefficient (Wildman–Crippen LogP) is 5.69. The highest BCUT2D eigenvalue weighted by molar-refractivity contribution is 7.09. The van der Waals surface area contributed by atoms with Gasteiger partial charge in [-0.05, 0) is 54.6 Å². The average molecular weight is 491 g/mol. The maximum Gasteiger partial charge on any atom is 0.322 e. The molecule has 178 valence electrons. The van der Waals surface area contributed by atoms with Gasteiger partial charge in [-0.2, -0.15) is 4.98 Å². The number of halogens is 1. The van der Waals surface area contributed by atoms with Gasteiger partial charge in [0.2, 0.25) is 5.82 Å². The first kappa shape index (κ1) is 22.8. The predicted molar refractivity (Wildman–Crippen MR) is 131 cm³/mol. The molecule has 35 heavy (non-hydrogen) atoms. The fourth-order valence-corrected chi connectivity index (χ4v) is 4.85. The second-order valence-corrected chi connectivity index (χ2v) is 9.10. The summed E-state index contributed by atoms with van der Waals surface area (Å²) in [7, 11) is 1.59. The number of rotatable bonds is 7. The molecule has 2 aromatic carbocycles. The topological polar surface area (TPSA) is 80.5 Å². The lowest BCUT2D eigenvalue weighted by atomic mass is 9.94. The van der Waals surface area contributed by atoms with Gasteiger partial charge >= 0.3 is 6.03 Å². The molecule has 3 heterocycles. The Morgan fingerprint density at radius 3 is 2.80 bits per heavy atom. The van der Waals surface area contributed by atoms with Crippen molar-refractivity contribution in [1.82, 2.24) is 20.4 Å². The Hall–Kier alpha value is -3.98. The van der Waals surface area contributed by atoms with E-state index in [2.05, 4.69) is 21.5 Å². The van der Waals surface area contributed by atoms with Crippen LogP contribution in [-0.2, 0) is 6.42 Å². The number of benzene rings is 2. The van der Waals surface area contributed by atoms with E-state index in [0.717, 1.165) is 12.0 Å². The Bertz CT molecular complexity index is 1380. The third-order valence-electron chi connectivity index (χ3n) is 5.92. The normalized spacial score (nSPS) is 15.9. The number of nitrogens with one attached hydrogen (secondary N) is 1. The zero-order chi connectivity index (χ0) is 24.4. The van der Waals surface area contributed by atoms with Crippen LogP contribution in [0.15, 0.2) is 76.3 Å². The first-order valence-electron chi connectivity index (χ1n) is 11.1. The van der Waals surface area contributed by atoms with Crippen molar-refractivity contribution in [2.24, 2.45) is 0 Å². The monoisotopic (exact) mass is 490 g/mol. The molecule has 0 aliphatic carbocycles. The van der Waals surface area contributed by atoms with E-state index in [1.165, 1.54) is 17.0 Å². The molecule has 4 aromatic rings. The molecular formula is C26H23FN4O3S. The summed E-state index contributed by atoms with van der Waals surface area (Å²) in [6.45, 7) is 2.37. The van der Waals surface area contributed by atoms with Crippen molar-refractivity contribution in [2.75, 3.05) is 13.7 Å². The number of amides is 2. The smallest absolute Gasteiger partial charge is 0.322 e. The van der Waals surface area contributed by atoms with Gasteiger partial charge in [0.1, 0.15) is 11.6 Å². The highest BCUT2D eigenvalue weighted by Crippen LogP contribution is 2.38. The molecule has 1 N–H and O–H groups in total. The summed E-state index contributed by atoms with van der Waals surface area (Å²) in [5.74, 6) is 0.810. The molecule has 9 heteroatoms. The van der Waals surface area contributed by atoms with Gasteiger partial charge in [-0.1, -0.05) is 35.5 Å². The number of urea groups is 1. The number of hydrogen-bond acceptors (Lipinski definition) is 6. The van der Waals surface area contributed by atoms with E-state index in [-0.39, 0.29) is 23.6 Å². The number of carbonyl (C=O) groups is 1. The zero-order valence-corrected chi connectivity index (χ0v) is 20.0. The van der Waals surface area contributed by atoms with E-state index < -0.39 is 6.04 Å². The molecule has 0 saturated carbocycles. The Kier molecular flexibility index (Phi) is 6.33. The van der Waals surface area contributed by atoms with E-state index in [4.69, 9.17) is 9.26 Å². The van der Waals surface area contributed by atoms with Crippen LogP contribution in [0.1, 0.15) is 29.3 Å². The van der Waals surface area contributed by atoms with Gasteiger partial charge in [0.15, 0.2) is 0 Å². The van der Waals surface area contributed by atoms with Crippen LogP contribution in [0, 0.1) is 5.82 Å². The van der Waals surface area contributed by atoms with Crippen LogP contribution in [0.5, 0.6) is 5.75 Å². The SMILES string of the molecule is COc1cccc(C2NC(=O)N(CCc3cccs3)C(C)=C2c2nc(-c3cccc(F)c3)no2)c1. The molecule has 1 unspecified atom stereocenters. The van der Waals surface area contributed by atoms with Crippen molar-refractivity contribution in [3.63, 3.8) is 0 Å². The maximum atomic E-state index is 13.8. The van der Waals surface area contributed by atoms with Crippen molar-refractivity contribution in [3.8, 4) is 17.1 Å². The minimum atomic E-state index is -0.531. The third kappa shape index (κ3) is 4.67. The van der Waals surface area contributed by atoms with Crippen LogP contribution in [-0.4, -0.2) is 34.7 Å². The van der Waals surface area contributed by atoms with Gasteiger partial charge in [-0.3, -0.25) is 4.90 Å². The van der Waals surface area contributed by atoms with Crippen LogP contribution < -0.4 is 10.1 Å².